The van der Waals surface area contributed by atoms with Crippen LogP contribution >= 0.6 is 0 Å². The summed E-state index contributed by atoms with van der Waals surface area (Å²) in [6.07, 6.45) is -6.34. The van der Waals surface area contributed by atoms with Gasteiger partial charge in [-0.3, -0.25) is 0 Å². The van der Waals surface area contributed by atoms with Crippen LogP contribution in [-0.2, 0) is 9.47 Å². The Morgan fingerprint density at radius 2 is 1.61 bits per heavy atom. The summed E-state index contributed by atoms with van der Waals surface area (Å²) in [6, 6.07) is 7.50. The molecule has 33 heavy (non-hydrogen) atoms. The van der Waals surface area contributed by atoms with Crippen LogP contribution in [0.1, 0.15) is 40.9 Å². The average molecular weight is 460 g/mol. The lowest BCUT2D eigenvalue weighted by Gasteiger charge is -2.41. The van der Waals surface area contributed by atoms with Crippen molar-refractivity contribution in [3.8, 4) is 23.0 Å². The molecule has 2 aromatic rings. The second kappa shape index (κ2) is 8.34. The van der Waals surface area contributed by atoms with E-state index in [2.05, 4.69) is 0 Å². The normalized spacial score (nSPS) is 32.6. The fourth-order valence-electron chi connectivity index (χ4n) is 4.85. The summed E-state index contributed by atoms with van der Waals surface area (Å²) in [5, 5.41) is 41.5. The number of aliphatic hydroxyl groups excluding tert-OH is 3. The van der Waals surface area contributed by atoms with Crippen LogP contribution in [0.2, 0.25) is 0 Å². The van der Waals surface area contributed by atoms with Gasteiger partial charge in [0.1, 0.15) is 53.5 Å². The number of hydrogen-bond acceptors (Lipinski definition) is 9. The molecular weight excluding hydrogens is 432 g/mol. The van der Waals surface area contributed by atoms with Crippen LogP contribution in [0.4, 0.5) is 0 Å². The summed E-state index contributed by atoms with van der Waals surface area (Å²) in [5.41, 5.74) is 2.58. The molecule has 0 radical (unpaired) electrons. The van der Waals surface area contributed by atoms with Crippen LogP contribution in [0.3, 0.4) is 0 Å². The van der Waals surface area contributed by atoms with Gasteiger partial charge in [0.25, 0.3) is 0 Å². The standard InChI is InChI=1S/C24H28O9/c1-10-18(26)11(2)22-17-15(31-23-20(28)19(27)16(9-25)32-24(23)33-22)8-14(30-21(10)17)12-4-6-13(29-3)7-5-12/h4-7,14-16,19-20,23-28H,8-9H2,1-3H3/t14-,15+,16-,19+,20+,23+,24-/m0/s1. The molecule has 3 aliphatic rings. The smallest absolute Gasteiger partial charge is 0.229 e. The maximum atomic E-state index is 10.8. The van der Waals surface area contributed by atoms with E-state index in [1.54, 1.807) is 21.0 Å². The molecule has 178 valence electrons. The number of ether oxygens (including phenoxy) is 5. The Morgan fingerprint density at radius 1 is 0.939 bits per heavy atom. The lowest BCUT2D eigenvalue weighted by Crippen LogP contribution is -2.60. The predicted octanol–water partition coefficient (Wildman–Crippen LogP) is 1.80. The molecule has 0 bridgehead atoms. The van der Waals surface area contributed by atoms with Gasteiger partial charge < -0.3 is 44.1 Å². The minimum atomic E-state index is -1.34. The van der Waals surface area contributed by atoms with Gasteiger partial charge in [-0.05, 0) is 31.5 Å². The third kappa shape index (κ3) is 3.51. The molecule has 9 nitrogen and oxygen atoms in total. The Bertz CT molecular complexity index is 1040. The lowest BCUT2D eigenvalue weighted by atomic mass is 9.90. The number of fused-ring (bicyclic) bond motifs is 1. The Kier molecular flexibility index (Phi) is 5.62. The van der Waals surface area contributed by atoms with Gasteiger partial charge >= 0.3 is 0 Å². The molecule has 0 aromatic heterocycles. The van der Waals surface area contributed by atoms with Crippen molar-refractivity contribution in [2.45, 2.75) is 63.2 Å². The Hall–Kier alpha value is -2.56. The van der Waals surface area contributed by atoms with Crippen molar-refractivity contribution in [3.05, 3.63) is 46.5 Å². The van der Waals surface area contributed by atoms with Crippen LogP contribution < -0.4 is 14.2 Å². The highest BCUT2D eigenvalue weighted by Crippen LogP contribution is 2.55. The van der Waals surface area contributed by atoms with Crippen molar-refractivity contribution in [3.63, 3.8) is 0 Å². The first-order valence-corrected chi connectivity index (χ1v) is 10.9. The molecule has 0 spiro atoms. The lowest BCUT2D eigenvalue weighted by molar-refractivity contribution is -0.292. The molecule has 7 atom stereocenters. The van der Waals surface area contributed by atoms with E-state index in [0.29, 0.717) is 34.6 Å². The molecule has 0 amide bonds. The first-order chi connectivity index (χ1) is 15.8. The Morgan fingerprint density at radius 3 is 2.24 bits per heavy atom. The number of aliphatic hydroxyl groups is 3. The molecule has 2 aromatic carbocycles. The van der Waals surface area contributed by atoms with E-state index in [-0.39, 0.29) is 5.75 Å². The van der Waals surface area contributed by atoms with E-state index >= 15 is 0 Å². The largest absolute Gasteiger partial charge is 0.507 e. The number of benzene rings is 2. The Labute approximate surface area is 191 Å². The van der Waals surface area contributed by atoms with E-state index in [4.69, 9.17) is 23.7 Å². The van der Waals surface area contributed by atoms with Crippen LogP contribution in [0.5, 0.6) is 23.0 Å². The van der Waals surface area contributed by atoms with Crippen molar-refractivity contribution >= 4 is 0 Å². The summed E-state index contributed by atoms with van der Waals surface area (Å²) < 4.78 is 29.8. The molecule has 0 aliphatic carbocycles. The molecule has 3 aliphatic heterocycles. The predicted molar refractivity (Wildman–Crippen MR) is 115 cm³/mol. The van der Waals surface area contributed by atoms with Gasteiger partial charge in [0.15, 0.2) is 0 Å². The topological polar surface area (TPSA) is 127 Å². The minimum absolute atomic E-state index is 0.0337. The summed E-state index contributed by atoms with van der Waals surface area (Å²) in [5.74, 6) is 1.57. The first-order valence-electron chi connectivity index (χ1n) is 10.9. The zero-order chi connectivity index (χ0) is 23.4. The number of hydrogen-bond donors (Lipinski definition) is 4. The molecule has 3 heterocycles. The summed E-state index contributed by atoms with van der Waals surface area (Å²) >= 11 is 0. The SMILES string of the molecule is COc1ccc([C@@H]2C[C@H]3O[C@H]4[C@H](Oc5c(C)c(O)c(C)c(c53)O2)O[C@@H](CO)[C@@H](O)[C@H]4O)cc1. The molecule has 9 heteroatoms. The van der Waals surface area contributed by atoms with Gasteiger partial charge in [-0.1, -0.05) is 12.1 Å². The van der Waals surface area contributed by atoms with E-state index < -0.39 is 49.5 Å². The van der Waals surface area contributed by atoms with Gasteiger partial charge in [0.2, 0.25) is 6.29 Å². The third-order valence-electron chi connectivity index (χ3n) is 6.76. The minimum Gasteiger partial charge on any atom is -0.507 e. The van der Waals surface area contributed by atoms with Crippen LogP contribution in [0.15, 0.2) is 24.3 Å². The van der Waals surface area contributed by atoms with Crippen molar-refractivity contribution < 1.29 is 44.1 Å². The summed E-state index contributed by atoms with van der Waals surface area (Å²) in [4.78, 5) is 0. The zero-order valence-corrected chi connectivity index (χ0v) is 18.6. The first kappa shape index (κ1) is 22.2. The maximum absolute atomic E-state index is 10.8. The van der Waals surface area contributed by atoms with Crippen molar-refractivity contribution in [2.75, 3.05) is 13.7 Å². The molecule has 0 unspecified atom stereocenters. The third-order valence-corrected chi connectivity index (χ3v) is 6.76. The number of methoxy groups -OCH3 is 1. The molecule has 0 saturated carbocycles. The van der Waals surface area contributed by atoms with Gasteiger partial charge in [-0.2, -0.15) is 0 Å². The van der Waals surface area contributed by atoms with E-state index in [1.807, 2.05) is 24.3 Å². The van der Waals surface area contributed by atoms with Gasteiger partial charge in [-0.15, -0.1) is 0 Å². The number of aromatic hydroxyl groups is 1. The highest BCUT2D eigenvalue weighted by molar-refractivity contribution is 5.63. The molecule has 1 saturated heterocycles. The number of rotatable bonds is 3. The molecular formula is C24H28O9. The van der Waals surface area contributed by atoms with Crippen molar-refractivity contribution in [1.82, 2.24) is 0 Å². The van der Waals surface area contributed by atoms with Crippen LogP contribution in [-0.4, -0.2) is 64.8 Å². The van der Waals surface area contributed by atoms with Gasteiger partial charge in [0, 0.05) is 17.5 Å². The highest BCUT2D eigenvalue weighted by atomic mass is 16.7. The van der Waals surface area contributed by atoms with Gasteiger partial charge in [0.05, 0.1) is 25.4 Å². The maximum Gasteiger partial charge on any atom is 0.229 e. The van der Waals surface area contributed by atoms with Gasteiger partial charge in [-0.25, -0.2) is 0 Å². The average Bonchev–Trinajstić information content (AvgIpc) is 3.00. The summed E-state index contributed by atoms with van der Waals surface area (Å²) in [7, 11) is 1.60. The van der Waals surface area contributed by atoms with Crippen LogP contribution in [0.25, 0.3) is 0 Å². The quantitative estimate of drug-likeness (QED) is 0.542. The second-order valence-corrected chi connectivity index (χ2v) is 8.70. The number of phenols is 1. The zero-order valence-electron chi connectivity index (χ0n) is 18.6. The fraction of sp³-hybridized carbons (Fsp3) is 0.500. The monoisotopic (exact) mass is 460 g/mol. The Balaban J connectivity index is 1.59. The van der Waals surface area contributed by atoms with Crippen molar-refractivity contribution in [2.24, 2.45) is 0 Å². The number of phenolic OH excluding ortho intramolecular Hbond substituents is 1. The highest BCUT2D eigenvalue weighted by Gasteiger charge is 2.51. The van der Waals surface area contributed by atoms with Crippen LogP contribution in [0, 0.1) is 13.8 Å². The van der Waals surface area contributed by atoms with E-state index in [0.717, 1.165) is 11.3 Å². The fourth-order valence-corrected chi connectivity index (χ4v) is 4.85. The summed E-state index contributed by atoms with van der Waals surface area (Å²) in [6.45, 7) is 3.00. The van der Waals surface area contributed by atoms with E-state index in [9.17, 15) is 20.4 Å². The van der Waals surface area contributed by atoms with E-state index in [1.165, 1.54) is 0 Å². The molecule has 5 rings (SSSR count). The molecule has 1 fully saturated rings. The van der Waals surface area contributed by atoms with Crippen molar-refractivity contribution in [1.29, 1.82) is 0 Å². The molecule has 4 N–H and O–H groups in total. The second-order valence-electron chi connectivity index (χ2n) is 8.70.